The molecule has 0 aliphatic carbocycles. The molecule has 1 aliphatic rings. The molecule has 1 atom stereocenters. The minimum atomic E-state index is -0.0782. The molecule has 86 valence electrons. The molecule has 3 nitrogen and oxygen atoms in total. The molecule has 3 rings (SSSR count). The summed E-state index contributed by atoms with van der Waals surface area (Å²) in [5, 5.41) is 0. The lowest BCUT2D eigenvalue weighted by Crippen LogP contribution is -2.08. The van der Waals surface area contributed by atoms with Crippen molar-refractivity contribution in [3.05, 3.63) is 58.0 Å². The van der Waals surface area contributed by atoms with Gasteiger partial charge in [0.15, 0.2) is 0 Å². The van der Waals surface area contributed by atoms with Crippen LogP contribution >= 0.6 is 0 Å². The van der Waals surface area contributed by atoms with Gasteiger partial charge < -0.3 is 9.72 Å². The second-order valence-electron chi connectivity index (χ2n) is 4.41. The van der Waals surface area contributed by atoms with Crippen LogP contribution in [-0.2, 0) is 6.42 Å². The van der Waals surface area contributed by atoms with Gasteiger partial charge in [0.25, 0.3) is 0 Å². The summed E-state index contributed by atoms with van der Waals surface area (Å²) in [6, 6.07) is 11.2. The molecule has 1 N–H and O–H groups in total. The second kappa shape index (κ2) is 3.77. The fourth-order valence-electron chi connectivity index (χ4n) is 2.27. The molecule has 1 aliphatic heterocycles. The predicted molar refractivity (Wildman–Crippen MR) is 65.7 cm³/mol. The Morgan fingerprint density at radius 2 is 2.00 bits per heavy atom. The van der Waals surface area contributed by atoms with Gasteiger partial charge in [0, 0.05) is 6.07 Å². The molecular formula is C14H13NO2. The Kier molecular flexibility index (Phi) is 2.25. The molecule has 2 aromatic rings. The van der Waals surface area contributed by atoms with E-state index in [4.69, 9.17) is 4.74 Å². The standard InChI is InChI=1S/C14H13NO2/c1-9-8-11-13(6-7-14(16)15-11)17-12-5-3-2-4-10(9)12/h2-7,9H,8H2,1H3,(H,15,16). The van der Waals surface area contributed by atoms with Crippen molar-refractivity contribution in [2.24, 2.45) is 0 Å². The molecule has 0 saturated heterocycles. The molecule has 0 fully saturated rings. The number of nitrogens with one attached hydrogen (secondary N) is 1. The molecule has 0 bridgehead atoms. The molecule has 1 aromatic heterocycles. The largest absolute Gasteiger partial charge is 0.455 e. The van der Waals surface area contributed by atoms with Crippen molar-refractivity contribution >= 4 is 0 Å². The number of hydrogen-bond acceptors (Lipinski definition) is 2. The Balaban J connectivity index is 2.16. The SMILES string of the molecule is CC1Cc2[nH]c(=O)ccc2Oc2ccccc21. The number of pyridine rings is 1. The number of aromatic amines is 1. The van der Waals surface area contributed by atoms with Crippen molar-refractivity contribution in [1.29, 1.82) is 0 Å². The number of fused-ring (bicyclic) bond motifs is 2. The average molecular weight is 227 g/mol. The lowest BCUT2D eigenvalue weighted by atomic mass is 9.96. The molecule has 0 spiro atoms. The van der Waals surface area contributed by atoms with Gasteiger partial charge in [-0.1, -0.05) is 25.1 Å². The van der Waals surface area contributed by atoms with Gasteiger partial charge in [0.2, 0.25) is 5.56 Å². The fraction of sp³-hybridized carbons (Fsp3) is 0.214. The summed E-state index contributed by atoms with van der Waals surface area (Å²) in [6.45, 7) is 2.14. The van der Waals surface area contributed by atoms with Crippen LogP contribution in [0.2, 0.25) is 0 Å². The predicted octanol–water partition coefficient (Wildman–Crippen LogP) is 2.83. The molecule has 0 radical (unpaired) electrons. The number of benzene rings is 1. The zero-order valence-corrected chi connectivity index (χ0v) is 9.57. The van der Waals surface area contributed by atoms with Crippen LogP contribution in [0.1, 0.15) is 24.1 Å². The summed E-state index contributed by atoms with van der Waals surface area (Å²) in [6.07, 6.45) is 0.794. The minimum absolute atomic E-state index is 0.0782. The van der Waals surface area contributed by atoms with Gasteiger partial charge in [0.1, 0.15) is 11.5 Å². The maximum Gasteiger partial charge on any atom is 0.248 e. The van der Waals surface area contributed by atoms with E-state index >= 15 is 0 Å². The quantitative estimate of drug-likeness (QED) is 0.752. The van der Waals surface area contributed by atoms with E-state index in [9.17, 15) is 4.79 Å². The zero-order chi connectivity index (χ0) is 11.8. The van der Waals surface area contributed by atoms with Gasteiger partial charge in [-0.3, -0.25) is 4.79 Å². The van der Waals surface area contributed by atoms with Gasteiger partial charge >= 0.3 is 0 Å². The van der Waals surface area contributed by atoms with Crippen LogP contribution in [-0.4, -0.2) is 4.98 Å². The number of hydrogen-bond donors (Lipinski definition) is 1. The highest BCUT2D eigenvalue weighted by Gasteiger charge is 2.20. The molecule has 17 heavy (non-hydrogen) atoms. The van der Waals surface area contributed by atoms with Gasteiger partial charge in [0.05, 0.1) is 5.69 Å². The van der Waals surface area contributed by atoms with E-state index in [1.54, 1.807) is 6.07 Å². The van der Waals surface area contributed by atoms with Gasteiger partial charge in [-0.15, -0.1) is 0 Å². The fourth-order valence-corrected chi connectivity index (χ4v) is 2.27. The van der Waals surface area contributed by atoms with Crippen LogP contribution in [0.3, 0.4) is 0 Å². The third kappa shape index (κ3) is 1.73. The summed E-state index contributed by atoms with van der Waals surface area (Å²) in [5.41, 5.74) is 1.98. The highest BCUT2D eigenvalue weighted by Crippen LogP contribution is 2.37. The number of rotatable bonds is 0. The average Bonchev–Trinajstić information content (AvgIpc) is 2.46. The summed E-state index contributed by atoms with van der Waals surface area (Å²) in [5.74, 6) is 1.97. The Morgan fingerprint density at radius 3 is 2.88 bits per heavy atom. The Morgan fingerprint density at radius 1 is 1.18 bits per heavy atom. The Labute approximate surface area is 99.1 Å². The number of ether oxygens (including phenoxy) is 1. The van der Waals surface area contributed by atoms with Crippen LogP contribution in [0.4, 0.5) is 0 Å². The van der Waals surface area contributed by atoms with Crippen molar-refractivity contribution in [2.45, 2.75) is 19.3 Å². The van der Waals surface area contributed by atoms with Crippen LogP contribution in [0.25, 0.3) is 0 Å². The number of H-pyrrole nitrogens is 1. The zero-order valence-electron chi connectivity index (χ0n) is 9.57. The number of aromatic nitrogens is 1. The highest BCUT2D eigenvalue weighted by atomic mass is 16.5. The monoisotopic (exact) mass is 227 g/mol. The summed E-state index contributed by atoms with van der Waals surface area (Å²) >= 11 is 0. The van der Waals surface area contributed by atoms with E-state index < -0.39 is 0 Å². The van der Waals surface area contributed by atoms with E-state index in [1.807, 2.05) is 18.2 Å². The maximum absolute atomic E-state index is 11.3. The van der Waals surface area contributed by atoms with E-state index in [0.717, 1.165) is 23.6 Å². The van der Waals surface area contributed by atoms with E-state index in [-0.39, 0.29) is 5.56 Å². The van der Waals surface area contributed by atoms with Crippen molar-refractivity contribution in [3.63, 3.8) is 0 Å². The maximum atomic E-state index is 11.3. The first-order chi connectivity index (χ1) is 8.24. The lowest BCUT2D eigenvalue weighted by molar-refractivity contribution is 0.475. The van der Waals surface area contributed by atoms with Crippen molar-refractivity contribution in [3.8, 4) is 11.5 Å². The first kappa shape index (κ1) is 10.1. The molecule has 0 amide bonds. The van der Waals surface area contributed by atoms with Crippen LogP contribution < -0.4 is 10.3 Å². The first-order valence-electron chi connectivity index (χ1n) is 5.73. The topological polar surface area (TPSA) is 42.1 Å². The second-order valence-corrected chi connectivity index (χ2v) is 4.41. The van der Waals surface area contributed by atoms with Crippen LogP contribution in [0.5, 0.6) is 11.5 Å². The van der Waals surface area contributed by atoms with Crippen LogP contribution in [0, 0.1) is 0 Å². The summed E-state index contributed by atoms with van der Waals surface area (Å²) in [4.78, 5) is 14.2. The molecule has 3 heteroatoms. The van der Waals surface area contributed by atoms with E-state index in [1.165, 1.54) is 11.6 Å². The minimum Gasteiger partial charge on any atom is -0.455 e. The normalized spacial score (nSPS) is 17.6. The third-order valence-electron chi connectivity index (χ3n) is 3.14. The summed E-state index contributed by atoms with van der Waals surface area (Å²) in [7, 11) is 0. The molecular weight excluding hydrogens is 214 g/mol. The lowest BCUT2D eigenvalue weighted by Gasteiger charge is -2.10. The smallest absolute Gasteiger partial charge is 0.248 e. The van der Waals surface area contributed by atoms with Gasteiger partial charge in [-0.05, 0) is 30.0 Å². The van der Waals surface area contributed by atoms with E-state index in [0.29, 0.717) is 5.92 Å². The van der Waals surface area contributed by atoms with Crippen LogP contribution in [0.15, 0.2) is 41.2 Å². The van der Waals surface area contributed by atoms with Gasteiger partial charge in [-0.25, -0.2) is 0 Å². The molecule has 0 saturated carbocycles. The Bertz CT molecular complexity index is 616. The van der Waals surface area contributed by atoms with E-state index in [2.05, 4.69) is 18.0 Å². The number of para-hydroxylation sites is 1. The van der Waals surface area contributed by atoms with Gasteiger partial charge in [-0.2, -0.15) is 0 Å². The molecule has 1 aromatic carbocycles. The first-order valence-corrected chi connectivity index (χ1v) is 5.73. The van der Waals surface area contributed by atoms with Crippen molar-refractivity contribution < 1.29 is 4.74 Å². The Hall–Kier alpha value is -2.03. The summed E-state index contributed by atoms with van der Waals surface area (Å²) < 4.78 is 5.86. The third-order valence-corrected chi connectivity index (χ3v) is 3.14. The highest BCUT2D eigenvalue weighted by molar-refractivity contribution is 5.44. The molecule has 2 heterocycles. The molecule has 1 unspecified atom stereocenters. The van der Waals surface area contributed by atoms with Crippen molar-refractivity contribution in [1.82, 2.24) is 4.98 Å². The van der Waals surface area contributed by atoms with Crippen molar-refractivity contribution in [2.75, 3.05) is 0 Å².